The van der Waals surface area contributed by atoms with Crippen LogP contribution in [-0.2, 0) is 11.2 Å². The highest BCUT2D eigenvalue weighted by molar-refractivity contribution is 6.32. The fraction of sp³-hybridized carbons (Fsp3) is 0.219. The van der Waals surface area contributed by atoms with Gasteiger partial charge < -0.3 is 9.15 Å². The van der Waals surface area contributed by atoms with Crippen LogP contribution >= 0.6 is 11.6 Å². The van der Waals surface area contributed by atoms with Crippen LogP contribution in [0.1, 0.15) is 68.5 Å². The molecule has 0 bridgehead atoms. The van der Waals surface area contributed by atoms with Crippen molar-refractivity contribution in [3.63, 3.8) is 0 Å². The molecule has 4 aromatic rings. The Morgan fingerprint density at radius 3 is 2.10 bits per heavy atom. The molecule has 3 aromatic carbocycles. The lowest BCUT2D eigenvalue weighted by molar-refractivity contribution is -0.121. The fourth-order valence-corrected chi connectivity index (χ4v) is 5.18. The number of rotatable bonds is 6. The molecule has 5 rings (SSSR count). The van der Waals surface area contributed by atoms with Crippen LogP contribution in [0.3, 0.4) is 0 Å². The number of amides is 1. The predicted molar refractivity (Wildman–Crippen MR) is 152 cm³/mol. The van der Waals surface area contributed by atoms with E-state index in [1.807, 2.05) is 81.4 Å². The molecule has 1 aliphatic rings. The maximum absolute atomic E-state index is 13.5. The minimum absolute atomic E-state index is 0.137. The van der Waals surface area contributed by atoms with Gasteiger partial charge in [0.15, 0.2) is 0 Å². The highest BCUT2D eigenvalue weighted by Gasteiger charge is 2.30. The van der Waals surface area contributed by atoms with Crippen molar-refractivity contribution in [1.82, 2.24) is 5.43 Å². The maximum atomic E-state index is 13.5. The summed E-state index contributed by atoms with van der Waals surface area (Å²) < 4.78 is 11.6. The standard InChI is InChI=1S/C32H29ClN2O4/c1-19-17-24(18-20(2)29(19)33)38-32(37)30-21(3)27-25(15-10-16-26(27)39-30)34-35-31(36)28(22-11-6-4-7-12-22)23-13-8-5-9-14-23/h4-9,11-14,17-18,28H,10,15-16H2,1-3H3,(H,35,36)/b34-25+. The number of hydrogen-bond donors (Lipinski definition) is 1. The molecule has 1 N–H and O–H groups in total. The summed E-state index contributed by atoms with van der Waals surface area (Å²) in [6.45, 7) is 5.54. The number of carbonyl (C=O) groups is 2. The van der Waals surface area contributed by atoms with E-state index < -0.39 is 11.9 Å². The molecule has 0 atom stereocenters. The number of aryl methyl sites for hydroxylation is 3. The van der Waals surface area contributed by atoms with Crippen molar-refractivity contribution >= 4 is 29.2 Å². The first-order valence-corrected chi connectivity index (χ1v) is 13.3. The van der Waals surface area contributed by atoms with E-state index in [2.05, 4.69) is 10.5 Å². The molecule has 0 unspecified atom stereocenters. The molecular formula is C32H29ClN2O4. The van der Waals surface area contributed by atoms with Crippen LogP contribution in [0.25, 0.3) is 0 Å². The molecule has 1 amide bonds. The Bertz CT molecular complexity index is 1500. The van der Waals surface area contributed by atoms with E-state index in [1.54, 1.807) is 12.1 Å². The monoisotopic (exact) mass is 540 g/mol. The molecule has 0 spiro atoms. The summed E-state index contributed by atoms with van der Waals surface area (Å²) in [7, 11) is 0. The Morgan fingerprint density at radius 1 is 0.923 bits per heavy atom. The molecule has 39 heavy (non-hydrogen) atoms. The van der Waals surface area contributed by atoms with E-state index in [-0.39, 0.29) is 11.7 Å². The zero-order chi connectivity index (χ0) is 27.5. The van der Waals surface area contributed by atoms with Gasteiger partial charge in [-0.25, -0.2) is 10.2 Å². The van der Waals surface area contributed by atoms with Gasteiger partial charge in [0.1, 0.15) is 11.5 Å². The number of hydrazone groups is 1. The van der Waals surface area contributed by atoms with Gasteiger partial charge in [0, 0.05) is 22.6 Å². The van der Waals surface area contributed by atoms with Crippen molar-refractivity contribution < 1.29 is 18.7 Å². The van der Waals surface area contributed by atoms with Crippen molar-refractivity contribution in [1.29, 1.82) is 0 Å². The third kappa shape index (κ3) is 5.52. The first-order chi connectivity index (χ1) is 18.8. The Kier molecular flexibility index (Phi) is 7.66. The van der Waals surface area contributed by atoms with E-state index in [0.29, 0.717) is 40.6 Å². The number of nitrogens with one attached hydrogen (secondary N) is 1. The first kappa shape index (κ1) is 26.4. The van der Waals surface area contributed by atoms with Crippen LogP contribution in [0.2, 0.25) is 5.02 Å². The molecule has 0 aliphatic heterocycles. The molecule has 198 valence electrons. The number of nitrogens with zero attached hydrogens (tertiary/aromatic N) is 1. The average molecular weight is 541 g/mol. The highest BCUT2D eigenvalue weighted by Crippen LogP contribution is 2.32. The minimum Gasteiger partial charge on any atom is -0.453 e. The van der Waals surface area contributed by atoms with Gasteiger partial charge in [-0.05, 0) is 68.0 Å². The zero-order valence-corrected chi connectivity index (χ0v) is 22.8. The zero-order valence-electron chi connectivity index (χ0n) is 22.1. The van der Waals surface area contributed by atoms with E-state index in [1.165, 1.54) is 0 Å². The smallest absolute Gasteiger partial charge is 0.379 e. The number of halogens is 1. The summed E-state index contributed by atoms with van der Waals surface area (Å²) in [5.41, 5.74) is 8.28. The second-order valence-electron chi connectivity index (χ2n) is 9.76. The summed E-state index contributed by atoms with van der Waals surface area (Å²) in [4.78, 5) is 26.5. The van der Waals surface area contributed by atoms with Crippen molar-refractivity contribution in [2.75, 3.05) is 0 Å². The lowest BCUT2D eigenvalue weighted by Gasteiger charge is -2.18. The minimum atomic E-state index is -0.584. The van der Waals surface area contributed by atoms with Gasteiger partial charge in [0.2, 0.25) is 5.76 Å². The third-order valence-corrected chi connectivity index (χ3v) is 7.56. The summed E-state index contributed by atoms with van der Waals surface area (Å²) in [6, 6.07) is 22.7. The van der Waals surface area contributed by atoms with Gasteiger partial charge in [-0.1, -0.05) is 72.3 Å². The summed E-state index contributed by atoms with van der Waals surface area (Å²) in [5.74, 6) is -0.118. The van der Waals surface area contributed by atoms with E-state index in [9.17, 15) is 9.59 Å². The van der Waals surface area contributed by atoms with Crippen molar-refractivity contribution in [3.05, 3.63) is 123 Å². The van der Waals surface area contributed by atoms with Crippen molar-refractivity contribution in [2.45, 2.75) is 46.0 Å². The molecule has 1 heterocycles. The lowest BCUT2D eigenvalue weighted by Crippen LogP contribution is -2.28. The van der Waals surface area contributed by atoms with E-state index in [4.69, 9.17) is 20.8 Å². The van der Waals surface area contributed by atoms with Crippen molar-refractivity contribution in [2.24, 2.45) is 5.10 Å². The topological polar surface area (TPSA) is 80.9 Å². The Balaban J connectivity index is 1.40. The van der Waals surface area contributed by atoms with Gasteiger partial charge in [0.25, 0.3) is 5.91 Å². The lowest BCUT2D eigenvalue weighted by atomic mass is 9.91. The largest absolute Gasteiger partial charge is 0.453 e. The SMILES string of the molecule is Cc1cc(OC(=O)c2oc3c(c2C)/C(=N/NC(=O)C(c2ccccc2)c2ccccc2)CCC3)cc(C)c1Cl. The van der Waals surface area contributed by atoms with Crippen LogP contribution in [-0.4, -0.2) is 17.6 Å². The Labute approximate surface area is 232 Å². The summed E-state index contributed by atoms with van der Waals surface area (Å²) in [5, 5.41) is 5.18. The number of carbonyl (C=O) groups excluding carboxylic acids is 2. The molecule has 0 fully saturated rings. The van der Waals surface area contributed by atoms with Gasteiger partial charge in [-0.3, -0.25) is 4.79 Å². The van der Waals surface area contributed by atoms with Crippen LogP contribution < -0.4 is 10.2 Å². The molecule has 1 aromatic heterocycles. The Hall–Kier alpha value is -4.16. The number of fused-ring (bicyclic) bond motifs is 1. The van der Waals surface area contributed by atoms with Gasteiger partial charge >= 0.3 is 5.97 Å². The van der Waals surface area contributed by atoms with Crippen LogP contribution in [0.5, 0.6) is 5.75 Å². The number of hydrogen-bond acceptors (Lipinski definition) is 5. The Morgan fingerprint density at radius 2 is 1.51 bits per heavy atom. The summed E-state index contributed by atoms with van der Waals surface area (Å²) in [6.07, 6.45) is 2.12. The van der Waals surface area contributed by atoms with Crippen LogP contribution in [0, 0.1) is 20.8 Å². The molecule has 1 aliphatic carbocycles. The first-order valence-electron chi connectivity index (χ1n) is 12.9. The quantitative estimate of drug-likeness (QED) is 0.161. The molecule has 0 saturated carbocycles. The molecule has 0 radical (unpaired) electrons. The third-order valence-electron chi connectivity index (χ3n) is 6.96. The van der Waals surface area contributed by atoms with Crippen molar-refractivity contribution in [3.8, 4) is 5.75 Å². The predicted octanol–water partition coefficient (Wildman–Crippen LogP) is 7.07. The van der Waals surface area contributed by atoms with Crippen LogP contribution in [0.4, 0.5) is 0 Å². The van der Waals surface area contributed by atoms with E-state index >= 15 is 0 Å². The van der Waals surface area contributed by atoms with Gasteiger partial charge in [-0.2, -0.15) is 5.10 Å². The number of esters is 1. The van der Waals surface area contributed by atoms with Crippen LogP contribution in [0.15, 0.2) is 82.3 Å². The molecule has 7 heteroatoms. The van der Waals surface area contributed by atoms with Gasteiger partial charge in [0.05, 0.1) is 11.6 Å². The molecule has 6 nitrogen and oxygen atoms in total. The number of benzene rings is 3. The molecule has 0 saturated heterocycles. The van der Waals surface area contributed by atoms with Gasteiger partial charge in [-0.15, -0.1) is 0 Å². The van der Waals surface area contributed by atoms with E-state index in [0.717, 1.165) is 34.2 Å². The second kappa shape index (κ2) is 11.3. The second-order valence-corrected chi connectivity index (χ2v) is 10.1. The fourth-order valence-electron chi connectivity index (χ4n) is 5.07. The summed E-state index contributed by atoms with van der Waals surface area (Å²) >= 11 is 6.25. The maximum Gasteiger partial charge on any atom is 0.379 e. The molecular weight excluding hydrogens is 512 g/mol. The number of ether oxygens (including phenoxy) is 1. The highest BCUT2D eigenvalue weighted by atomic mass is 35.5. The number of furan rings is 1. The normalized spacial score (nSPS) is 13.8. The average Bonchev–Trinajstić information content (AvgIpc) is 3.29.